The van der Waals surface area contributed by atoms with E-state index >= 15 is 0 Å². The molecule has 0 N–H and O–H groups in total. The summed E-state index contributed by atoms with van der Waals surface area (Å²) in [4.78, 5) is 7.30. The Labute approximate surface area is 133 Å². The first-order valence-corrected chi connectivity index (χ1v) is 8.22. The average molecular weight is 299 g/mol. The number of hydrogen-bond acceptors (Lipinski definition) is 2. The van der Waals surface area contributed by atoms with Crippen LogP contribution in [0.3, 0.4) is 0 Å². The Morgan fingerprint density at radius 2 is 1.77 bits per heavy atom. The number of benzene rings is 3. The molecule has 0 saturated heterocycles. The fourth-order valence-corrected chi connectivity index (χ4v) is 4.50. The Kier molecular flexibility index (Phi) is 2.42. The van der Waals surface area contributed by atoms with Crippen molar-refractivity contribution in [1.82, 2.24) is 4.98 Å². The van der Waals surface area contributed by atoms with Crippen LogP contribution in [-0.4, -0.2) is 4.98 Å². The van der Waals surface area contributed by atoms with Gasteiger partial charge in [0.15, 0.2) is 0 Å². The topological polar surface area (TPSA) is 12.9 Å². The maximum absolute atomic E-state index is 4.69. The summed E-state index contributed by atoms with van der Waals surface area (Å²) in [6.45, 7) is 2.15. The summed E-state index contributed by atoms with van der Waals surface area (Å²) in [7, 11) is 0. The largest absolute Gasteiger partial charge is 0.256 e. The molecule has 104 valence electrons. The molecule has 4 aromatic rings. The van der Waals surface area contributed by atoms with Crippen molar-refractivity contribution in [3.05, 3.63) is 66.4 Å². The van der Waals surface area contributed by atoms with Crippen molar-refractivity contribution in [2.45, 2.75) is 16.7 Å². The third kappa shape index (κ3) is 1.59. The fourth-order valence-electron chi connectivity index (χ4n) is 3.35. The van der Waals surface area contributed by atoms with Crippen molar-refractivity contribution in [2.24, 2.45) is 0 Å². The smallest absolute Gasteiger partial charge is 0.0803 e. The van der Waals surface area contributed by atoms with E-state index in [0.29, 0.717) is 0 Å². The lowest BCUT2D eigenvalue weighted by molar-refractivity contribution is 1.29. The Morgan fingerprint density at radius 3 is 2.73 bits per heavy atom. The minimum absolute atomic E-state index is 1.12. The van der Waals surface area contributed by atoms with Gasteiger partial charge in [0.25, 0.3) is 0 Å². The van der Waals surface area contributed by atoms with E-state index in [4.69, 9.17) is 0 Å². The van der Waals surface area contributed by atoms with E-state index in [1.165, 1.54) is 42.5 Å². The SMILES string of the molecule is Cc1ccc2c(c1)cc1c3c(nccc32)-c2ccccc2S1. The van der Waals surface area contributed by atoms with E-state index in [0.717, 1.165) is 5.69 Å². The quantitative estimate of drug-likeness (QED) is 0.334. The molecule has 0 saturated carbocycles. The highest BCUT2D eigenvalue weighted by Crippen LogP contribution is 2.48. The summed E-state index contributed by atoms with van der Waals surface area (Å²) in [5.41, 5.74) is 3.66. The number of pyridine rings is 1. The number of rotatable bonds is 0. The predicted molar refractivity (Wildman–Crippen MR) is 93.5 cm³/mol. The van der Waals surface area contributed by atoms with Gasteiger partial charge in [0.2, 0.25) is 0 Å². The number of fused-ring (bicyclic) bond motifs is 4. The minimum atomic E-state index is 1.12. The second-order valence-electron chi connectivity index (χ2n) is 5.78. The summed E-state index contributed by atoms with van der Waals surface area (Å²) in [5, 5.41) is 5.22. The third-order valence-corrected chi connectivity index (χ3v) is 5.46. The second-order valence-corrected chi connectivity index (χ2v) is 6.86. The average Bonchev–Trinajstić information content (AvgIpc) is 2.55. The van der Waals surface area contributed by atoms with Gasteiger partial charge in [-0.25, -0.2) is 0 Å². The molecule has 3 aromatic carbocycles. The van der Waals surface area contributed by atoms with Crippen LogP contribution in [0.15, 0.2) is 70.6 Å². The summed E-state index contributed by atoms with van der Waals surface area (Å²) in [5.74, 6) is 0. The van der Waals surface area contributed by atoms with Gasteiger partial charge in [-0.1, -0.05) is 53.7 Å². The molecule has 1 nitrogen and oxygen atoms in total. The zero-order valence-corrected chi connectivity index (χ0v) is 12.9. The van der Waals surface area contributed by atoms with E-state index in [1.54, 1.807) is 0 Å². The molecule has 0 spiro atoms. The number of aryl methyl sites for hydroxylation is 1. The molecule has 22 heavy (non-hydrogen) atoms. The Hall–Kier alpha value is -2.32. The van der Waals surface area contributed by atoms with Gasteiger partial charge in [-0.15, -0.1) is 0 Å². The van der Waals surface area contributed by atoms with Crippen LogP contribution in [0.1, 0.15) is 5.56 Å². The molecule has 0 atom stereocenters. The van der Waals surface area contributed by atoms with E-state index in [2.05, 4.69) is 66.5 Å². The molecule has 0 fully saturated rings. The first-order valence-electron chi connectivity index (χ1n) is 7.40. The van der Waals surface area contributed by atoms with Gasteiger partial charge in [0, 0.05) is 26.9 Å². The van der Waals surface area contributed by atoms with Crippen LogP contribution in [0.2, 0.25) is 0 Å². The zero-order chi connectivity index (χ0) is 14.7. The molecule has 2 heterocycles. The second kappa shape index (κ2) is 4.34. The number of hydrogen-bond donors (Lipinski definition) is 0. The highest BCUT2D eigenvalue weighted by Gasteiger charge is 2.21. The van der Waals surface area contributed by atoms with Crippen molar-refractivity contribution in [1.29, 1.82) is 0 Å². The Morgan fingerprint density at radius 1 is 0.864 bits per heavy atom. The van der Waals surface area contributed by atoms with Gasteiger partial charge >= 0.3 is 0 Å². The summed E-state index contributed by atoms with van der Waals surface area (Å²) in [6.07, 6.45) is 1.94. The fraction of sp³-hybridized carbons (Fsp3) is 0.0500. The molecule has 0 amide bonds. The molecule has 0 radical (unpaired) electrons. The lowest BCUT2D eigenvalue weighted by Crippen LogP contribution is -1.95. The molecular formula is C20H13NS. The van der Waals surface area contributed by atoms with E-state index in [1.807, 2.05) is 18.0 Å². The standard InChI is InChI=1S/C20H13NS/c1-12-6-7-14-13(10-12)11-18-19-15(14)8-9-21-20(19)16-4-2-3-5-17(16)22-18/h2-11H,1H3. The normalized spacial score (nSPS) is 12.6. The molecule has 1 aliphatic rings. The molecule has 5 rings (SSSR count). The zero-order valence-electron chi connectivity index (χ0n) is 12.1. The van der Waals surface area contributed by atoms with Crippen LogP contribution in [0, 0.1) is 6.92 Å². The van der Waals surface area contributed by atoms with Crippen molar-refractivity contribution >= 4 is 33.3 Å². The highest BCUT2D eigenvalue weighted by atomic mass is 32.2. The molecule has 1 aliphatic heterocycles. The van der Waals surface area contributed by atoms with Crippen molar-refractivity contribution in [3.63, 3.8) is 0 Å². The highest BCUT2D eigenvalue weighted by molar-refractivity contribution is 7.99. The van der Waals surface area contributed by atoms with Gasteiger partial charge in [0.05, 0.1) is 5.69 Å². The van der Waals surface area contributed by atoms with Crippen LogP contribution in [0.25, 0.3) is 32.8 Å². The van der Waals surface area contributed by atoms with Crippen LogP contribution in [0.5, 0.6) is 0 Å². The molecule has 0 bridgehead atoms. The Balaban J connectivity index is 2.01. The molecular weight excluding hydrogens is 286 g/mol. The van der Waals surface area contributed by atoms with Crippen molar-refractivity contribution in [3.8, 4) is 11.3 Å². The summed E-state index contributed by atoms with van der Waals surface area (Å²) in [6, 6.07) is 19.7. The molecule has 2 heteroatoms. The monoisotopic (exact) mass is 299 g/mol. The summed E-state index contributed by atoms with van der Waals surface area (Å²) >= 11 is 1.86. The first-order chi connectivity index (χ1) is 10.8. The van der Waals surface area contributed by atoms with Gasteiger partial charge in [-0.3, -0.25) is 4.98 Å². The first kappa shape index (κ1) is 12.2. The van der Waals surface area contributed by atoms with Gasteiger partial charge in [-0.2, -0.15) is 0 Å². The van der Waals surface area contributed by atoms with Gasteiger partial charge in [0.1, 0.15) is 0 Å². The van der Waals surface area contributed by atoms with Crippen molar-refractivity contribution < 1.29 is 0 Å². The number of nitrogens with zero attached hydrogens (tertiary/aromatic N) is 1. The van der Waals surface area contributed by atoms with Gasteiger partial charge in [-0.05, 0) is 41.3 Å². The van der Waals surface area contributed by atoms with Crippen molar-refractivity contribution in [2.75, 3.05) is 0 Å². The van der Waals surface area contributed by atoms with Gasteiger partial charge < -0.3 is 0 Å². The third-order valence-electron chi connectivity index (χ3n) is 4.34. The van der Waals surface area contributed by atoms with Crippen LogP contribution < -0.4 is 0 Å². The van der Waals surface area contributed by atoms with Crippen LogP contribution in [-0.2, 0) is 0 Å². The van der Waals surface area contributed by atoms with Crippen LogP contribution >= 0.6 is 11.8 Å². The molecule has 0 unspecified atom stereocenters. The maximum Gasteiger partial charge on any atom is 0.0803 e. The van der Waals surface area contributed by atoms with Crippen LogP contribution in [0.4, 0.5) is 0 Å². The van der Waals surface area contributed by atoms with E-state index in [9.17, 15) is 0 Å². The lowest BCUT2D eigenvalue weighted by Gasteiger charge is -2.20. The summed E-state index contributed by atoms with van der Waals surface area (Å²) < 4.78 is 0. The maximum atomic E-state index is 4.69. The Bertz CT molecular complexity index is 1070. The lowest BCUT2D eigenvalue weighted by atomic mass is 9.97. The predicted octanol–water partition coefficient (Wildman–Crippen LogP) is 5.83. The molecule has 1 aromatic heterocycles. The molecule has 0 aliphatic carbocycles. The van der Waals surface area contributed by atoms with E-state index in [-0.39, 0.29) is 0 Å². The number of aromatic nitrogens is 1. The van der Waals surface area contributed by atoms with E-state index < -0.39 is 0 Å². The minimum Gasteiger partial charge on any atom is -0.256 e.